The van der Waals surface area contributed by atoms with Crippen molar-refractivity contribution in [2.45, 2.75) is 25.7 Å². The fourth-order valence-electron chi connectivity index (χ4n) is 2.72. The molecule has 0 aromatic carbocycles. The highest BCUT2D eigenvalue weighted by Crippen LogP contribution is 2.40. The maximum absolute atomic E-state index is 12.1. The van der Waals surface area contributed by atoms with Crippen molar-refractivity contribution in [1.82, 2.24) is 10.3 Å². The third-order valence-electron chi connectivity index (χ3n) is 3.55. The topological polar surface area (TPSA) is 102 Å². The predicted molar refractivity (Wildman–Crippen MR) is 56.7 cm³/mol. The molecule has 3 rings (SSSR count). The van der Waals surface area contributed by atoms with Crippen molar-refractivity contribution < 1.29 is 14.2 Å². The summed E-state index contributed by atoms with van der Waals surface area (Å²) in [6.07, 6.45) is 3.50. The number of carbonyl (C=O) groups is 2. The van der Waals surface area contributed by atoms with Crippen molar-refractivity contribution in [1.29, 1.82) is 0 Å². The third-order valence-corrected chi connectivity index (χ3v) is 3.55. The van der Waals surface area contributed by atoms with E-state index in [0.717, 1.165) is 30.6 Å². The predicted octanol–water partition coefficient (Wildman–Crippen LogP) is 0.331. The van der Waals surface area contributed by atoms with Crippen LogP contribution in [-0.2, 0) is 9.59 Å². The maximum Gasteiger partial charge on any atom is 0.239 e. The number of anilines is 2. The Balaban J connectivity index is 1.99. The van der Waals surface area contributed by atoms with Gasteiger partial charge >= 0.3 is 0 Å². The number of rotatable bonds is 1. The molecule has 90 valence electrons. The monoisotopic (exact) mass is 236 g/mol. The average Bonchev–Trinajstić information content (AvgIpc) is 2.84. The van der Waals surface area contributed by atoms with Gasteiger partial charge in [0.15, 0.2) is 0 Å². The second-order valence-corrected chi connectivity index (χ2v) is 4.48. The first-order chi connectivity index (χ1) is 8.20. The lowest BCUT2D eigenvalue weighted by Gasteiger charge is -2.19. The average molecular weight is 236 g/mol. The molecule has 2 fully saturated rings. The fourth-order valence-corrected chi connectivity index (χ4v) is 2.72. The van der Waals surface area contributed by atoms with Crippen LogP contribution in [0.2, 0.25) is 0 Å². The molecule has 1 aromatic heterocycles. The van der Waals surface area contributed by atoms with Crippen LogP contribution < -0.4 is 10.6 Å². The number of aromatic nitrogens is 2. The van der Waals surface area contributed by atoms with Gasteiger partial charge in [-0.05, 0) is 23.2 Å². The highest BCUT2D eigenvalue weighted by Gasteiger charge is 2.50. The number of nitrogens with two attached hydrogens (primary N) is 1. The van der Waals surface area contributed by atoms with Gasteiger partial charge in [0, 0.05) is 0 Å². The summed E-state index contributed by atoms with van der Waals surface area (Å²) >= 11 is 0. The summed E-state index contributed by atoms with van der Waals surface area (Å²) in [5.41, 5.74) is 5.52. The molecule has 1 aromatic rings. The maximum atomic E-state index is 12.1. The molecular formula is C10H12N4O3. The van der Waals surface area contributed by atoms with Crippen molar-refractivity contribution in [3.8, 4) is 0 Å². The lowest BCUT2D eigenvalue weighted by Crippen LogP contribution is -2.31. The minimum Gasteiger partial charge on any atom is -0.378 e. The quantitative estimate of drug-likeness (QED) is 0.705. The second kappa shape index (κ2) is 3.54. The minimum absolute atomic E-state index is 0.0228. The van der Waals surface area contributed by atoms with Crippen LogP contribution in [0.5, 0.6) is 0 Å². The first-order valence-electron chi connectivity index (χ1n) is 5.66. The standard InChI is InChI=1S/C10H12N4O3/c11-7-8(13-17-12-7)14-9(15)5-3-1-2-4-6(5)10(14)16/h5-6H,1-4H2,(H2,11,12). The van der Waals surface area contributed by atoms with E-state index in [9.17, 15) is 9.59 Å². The highest BCUT2D eigenvalue weighted by molar-refractivity contribution is 6.22. The van der Waals surface area contributed by atoms with E-state index < -0.39 is 0 Å². The summed E-state index contributed by atoms with van der Waals surface area (Å²) in [6, 6.07) is 0. The Morgan fingerprint density at radius 2 is 1.71 bits per heavy atom. The first kappa shape index (κ1) is 10.2. The van der Waals surface area contributed by atoms with Crippen LogP contribution >= 0.6 is 0 Å². The zero-order valence-electron chi connectivity index (χ0n) is 9.13. The van der Waals surface area contributed by atoms with Gasteiger partial charge in [-0.15, -0.1) is 0 Å². The fraction of sp³-hybridized carbons (Fsp3) is 0.600. The van der Waals surface area contributed by atoms with Gasteiger partial charge in [-0.3, -0.25) is 9.59 Å². The molecule has 1 saturated carbocycles. The molecule has 17 heavy (non-hydrogen) atoms. The largest absolute Gasteiger partial charge is 0.378 e. The molecule has 0 radical (unpaired) electrons. The zero-order chi connectivity index (χ0) is 12.0. The number of fused-ring (bicyclic) bond motifs is 1. The van der Waals surface area contributed by atoms with Crippen LogP contribution in [0, 0.1) is 11.8 Å². The Labute approximate surface area is 96.9 Å². The number of amides is 2. The van der Waals surface area contributed by atoms with Gasteiger partial charge in [0.1, 0.15) is 0 Å². The molecular weight excluding hydrogens is 224 g/mol. The Hall–Kier alpha value is -1.92. The summed E-state index contributed by atoms with van der Waals surface area (Å²) in [5.74, 6) is -0.858. The molecule has 7 nitrogen and oxygen atoms in total. The summed E-state index contributed by atoms with van der Waals surface area (Å²) in [6.45, 7) is 0. The van der Waals surface area contributed by atoms with Gasteiger partial charge in [-0.1, -0.05) is 12.8 Å². The van der Waals surface area contributed by atoms with Gasteiger partial charge < -0.3 is 5.73 Å². The SMILES string of the molecule is Nc1nonc1N1C(=O)C2CCCCC2C1=O. The van der Waals surface area contributed by atoms with E-state index in [4.69, 9.17) is 5.73 Å². The second-order valence-electron chi connectivity index (χ2n) is 4.48. The summed E-state index contributed by atoms with van der Waals surface area (Å²) in [4.78, 5) is 25.3. The normalized spacial score (nSPS) is 28.6. The Morgan fingerprint density at radius 3 is 2.18 bits per heavy atom. The van der Waals surface area contributed by atoms with Gasteiger partial charge in [-0.25, -0.2) is 9.53 Å². The van der Waals surface area contributed by atoms with Crippen molar-refractivity contribution in [3.63, 3.8) is 0 Å². The molecule has 2 atom stereocenters. The summed E-state index contributed by atoms with van der Waals surface area (Å²) < 4.78 is 4.44. The van der Waals surface area contributed by atoms with Crippen LogP contribution in [0.3, 0.4) is 0 Å². The van der Waals surface area contributed by atoms with Crippen LogP contribution in [0.4, 0.5) is 11.6 Å². The summed E-state index contributed by atoms with van der Waals surface area (Å²) in [5, 5.41) is 6.92. The van der Waals surface area contributed by atoms with Crippen molar-refractivity contribution >= 4 is 23.5 Å². The van der Waals surface area contributed by atoms with Gasteiger partial charge in [0.2, 0.25) is 23.5 Å². The van der Waals surface area contributed by atoms with Crippen LogP contribution in [0.25, 0.3) is 0 Å². The number of carbonyl (C=O) groups excluding carboxylic acids is 2. The van der Waals surface area contributed by atoms with Crippen molar-refractivity contribution in [3.05, 3.63) is 0 Å². The molecule has 0 spiro atoms. The van der Waals surface area contributed by atoms with E-state index in [1.165, 1.54) is 0 Å². The van der Waals surface area contributed by atoms with E-state index in [1.807, 2.05) is 0 Å². The number of nitrogen functional groups attached to an aromatic ring is 1. The number of nitrogens with zero attached hydrogens (tertiary/aromatic N) is 3. The van der Waals surface area contributed by atoms with E-state index in [-0.39, 0.29) is 35.3 Å². The van der Waals surface area contributed by atoms with Gasteiger partial charge in [-0.2, -0.15) is 0 Å². The van der Waals surface area contributed by atoms with E-state index in [1.54, 1.807) is 0 Å². The molecule has 0 bridgehead atoms. The Bertz CT molecular complexity index is 460. The molecule has 1 aliphatic heterocycles. The Morgan fingerprint density at radius 1 is 1.12 bits per heavy atom. The molecule has 2 amide bonds. The van der Waals surface area contributed by atoms with Crippen LogP contribution in [0.15, 0.2) is 4.63 Å². The van der Waals surface area contributed by atoms with Crippen molar-refractivity contribution in [2.24, 2.45) is 11.8 Å². The van der Waals surface area contributed by atoms with E-state index in [0.29, 0.717) is 0 Å². The molecule has 2 heterocycles. The minimum atomic E-state index is -0.220. The number of hydrogen-bond acceptors (Lipinski definition) is 6. The Kier molecular flexibility index (Phi) is 2.13. The molecule has 2 N–H and O–H groups in total. The summed E-state index contributed by atoms with van der Waals surface area (Å²) in [7, 11) is 0. The molecule has 2 unspecified atom stereocenters. The molecule has 1 saturated heterocycles. The smallest absolute Gasteiger partial charge is 0.239 e. The van der Waals surface area contributed by atoms with Gasteiger partial charge in [0.05, 0.1) is 11.8 Å². The number of imide groups is 1. The number of hydrogen-bond donors (Lipinski definition) is 1. The van der Waals surface area contributed by atoms with Crippen LogP contribution in [-0.4, -0.2) is 22.1 Å². The molecule has 1 aliphatic carbocycles. The van der Waals surface area contributed by atoms with Crippen molar-refractivity contribution in [2.75, 3.05) is 10.6 Å². The first-order valence-corrected chi connectivity index (χ1v) is 5.66. The lowest BCUT2D eigenvalue weighted by atomic mass is 9.81. The van der Waals surface area contributed by atoms with Gasteiger partial charge in [0.25, 0.3) is 0 Å². The lowest BCUT2D eigenvalue weighted by molar-refractivity contribution is -0.122. The third kappa shape index (κ3) is 1.35. The molecule has 2 aliphatic rings. The highest BCUT2D eigenvalue weighted by atomic mass is 16.6. The zero-order valence-corrected chi connectivity index (χ0v) is 9.13. The van der Waals surface area contributed by atoms with E-state index >= 15 is 0 Å². The van der Waals surface area contributed by atoms with Crippen LogP contribution in [0.1, 0.15) is 25.7 Å². The molecule has 7 heteroatoms. The van der Waals surface area contributed by atoms with E-state index in [2.05, 4.69) is 14.9 Å².